The van der Waals surface area contributed by atoms with E-state index >= 15 is 0 Å². The summed E-state index contributed by atoms with van der Waals surface area (Å²) in [4.78, 5) is 20.9. The van der Waals surface area contributed by atoms with Crippen molar-refractivity contribution in [2.75, 3.05) is 0 Å². The van der Waals surface area contributed by atoms with Crippen LogP contribution < -0.4 is 17.2 Å². The normalized spacial score (nSPS) is 20.1. The molecule has 6 N–H and O–H groups in total. The van der Waals surface area contributed by atoms with Gasteiger partial charge in [-0.25, -0.2) is 0 Å². The van der Waals surface area contributed by atoms with Crippen LogP contribution in [0.2, 0.25) is 0 Å². The van der Waals surface area contributed by atoms with Gasteiger partial charge in [-0.15, -0.1) is 0 Å². The molecule has 1 aliphatic carbocycles. The van der Waals surface area contributed by atoms with Crippen molar-refractivity contribution in [3.05, 3.63) is 0 Å². The second kappa shape index (κ2) is 15.4. The van der Waals surface area contributed by atoms with Gasteiger partial charge in [0.1, 0.15) is 0 Å². The highest BCUT2D eigenvalue weighted by Crippen LogP contribution is 2.21. The summed E-state index contributed by atoms with van der Waals surface area (Å²) in [7, 11) is 0. The summed E-state index contributed by atoms with van der Waals surface area (Å²) in [6.07, 6.45) is 15.0. The molecule has 0 aromatic heterocycles. The van der Waals surface area contributed by atoms with Gasteiger partial charge in [-0.1, -0.05) is 45.4 Å². The molecule has 0 heterocycles. The lowest BCUT2D eigenvalue weighted by Crippen LogP contribution is -2.25. The fourth-order valence-electron chi connectivity index (χ4n) is 2.94. The molecule has 0 bridgehead atoms. The van der Waals surface area contributed by atoms with E-state index in [0.29, 0.717) is 18.9 Å². The highest BCUT2D eigenvalue weighted by atomic mass is 16.1. The number of amides is 2. The molecular weight excluding hydrogens is 302 g/mol. The van der Waals surface area contributed by atoms with Gasteiger partial charge in [0.05, 0.1) is 0 Å². The number of hydrogen-bond donors (Lipinski definition) is 3. The second-order valence-electron chi connectivity index (χ2n) is 7.28. The van der Waals surface area contributed by atoms with Gasteiger partial charge in [-0.05, 0) is 44.4 Å². The minimum Gasteiger partial charge on any atom is -0.370 e. The number of rotatable bonds is 11. The lowest BCUT2D eigenvalue weighted by Gasteiger charge is -2.22. The Bertz CT molecular complexity index is 295. The molecule has 0 unspecified atom stereocenters. The van der Waals surface area contributed by atoms with Crippen molar-refractivity contribution in [3.8, 4) is 0 Å². The highest BCUT2D eigenvalue weighted by molar-refractivity contribution is 5.73. The molecule has 0 spiro atoms. The van der Waals surface area contributed by atoms with Crippen molar-refractivity contribution in [1.29, 1.82) is 0 Å². The van der Waals surface area contributed by atoms with Gasteiger partial charge in [0, 0.05) is 18.9 Å². The van der Waals surface area contributed by atoms with E-state index in [0.717, 1.165) is 31.6 Å². The van der Waals surface area contributed by atoms with E-state index in [-0.39, 0.29) is 11.8 Å². The monoisotopic (exact) mass is 341 g/mol. The zero-order valence-electron chi connectivity index (χ0n) is 15.6. The minimum atomic E-state index is -0.202. The largest absolute Gasteiger partial charge is 0.370 e. The summed E-state index contributed by atoms with van der Waals surface area (Å²) in [5.74, 6) is 0.535. The lowest BCUT2D eigenvalue weighted by molar-refractivity contribution is -0.119. The quantitative estimate of drug-likeness (QED) is 0.501. The number of unbranched alkanes of at least 4 members (excludes halogenated alkanes) is 7. The summed E-state index contributed by atoms with van der Waals surface area (Å²) < 4.78 is 0. The maximum atomic E-state index is 10.4. The smallest absolute Gasteiger partial charge is 0.217 e. The van der Waals surface area contributed by atoms with Crippen molar-refractivity contribution in [1.82, 2.24) is 0 Å². The van der Waals surface area contributed by atoms with E-state index in [1.165, 1.54) is 51.4 Å². The van der Waals surface area contributed by atoms with Gasteiger partial charge in [-0.3, -0.25) is 9.59 Å². The molecule has 0 aliphatic heterocycles. The zero-order valence-corrected chi connectivity index (χ0v) is 15.6. The summed E-state index contributed by atoms with van der Waals surface area (Å²) in [5.41, 5.74) is 15.8. The Kier molecular flexibility index (Phi) is 14.7. The third-order valence-electron chi connectivity index (χ3n) is 4.66. The van der Waals surface area contributed by atoms with Gasteiger partial charge in [0.2, 0.25) is 11.8 Å². The predicted octanol–water partition coefficient (Wildman–Crippen LogP) is 3.38. The molecule has 5 nitrogen and oxygen atoms in total. The van der Waals surface area contributed by atoms with E-state index in [1.807, 2.05) is 0 Å². The molecule has 5 heteroatoms. The number of hydrogen-bond acceptors (Lipinski definition) is 3. The molecule has 1 saturated carbocycles. The van der Waals surface area contributed by atoms with Crippen LogP contribution in [0.5, 0.6) is 0 Å². The summed E-state index contributed by atoms with van der Waals surface area (Å²) >= 11 is 0. The van der Waals surface area contributed by atoms with Crippen LogP contribution in [0.4, 0.5) is 0 Å². The van der Waals surface area contributed by atoms with Gasteiger partial charge in [0.25, 0.3) is 0 Å². The van der Waals surface area contributed by atoms with Crippen molar-refractivity contribution in [2.24, 2.45) is 23.1 Å². The average Bonchev–Trinajstić information content (AvgIpc) is 2.52. The maximum Gasteiger partial charge on any atom is 0.217 e. The standard InChI is InChI=1S/C12H24N2O2.C7H15N/c13-11(15)9-7-5-3-1-2-4-6-8-10-12(14)16;1-6-2-4-7(8)5-3-6/h1-10H2,(H2,13,15)(H2,14,16);6-7H,2-5,8H2,1H3. The van der Waals surface area contributed by atoms with Gasteiger partial charge in [-0.2, -0.15) is 0 Å². The topological polar surface area (TPSA) is 112 Å². The Morgan fingerprint density at radius 3 is 1.33 bits per heavy atom. The van der Waals surface area contributed by atoms with E-state index in [1.54, 1.807) is 0 Å². The minimum absolute atomic E-state index is 0.202. The second-order valence-corrected chi connectivity index (χ2v) is 7.28. The third kappa shape index (κ3) is 17.3. The maximum absolute atomic E-state index is 10.4. The van der Waals surface area contributed by atoms with E-state index in [9.17, 15) is 9.59 Å². The van der Waals surface area contributed by atoms with Crippen LogP contribution in [0, 0.1) is 5.92 Å². The number of carbonyl (C=O) groups excluding carboxylic acids is 2. The van der Waals surface area contributed by atoms with E-state index < -0.39 is 0 Å². The fourth-order valence-corrected chi connectivity index (χ4v) is 2.94. The first-order valence-corrected chi connectivity index (χ1v) is 9.74. The van der Waals surface area contributed by atoms with Crippen molar-refractivity contribution in [3.63, 3.8) is 0 Å². The molecule has 0 saturated heterocycles. The lowest BCUT2D eigenvalue weighted by atomic mass is 9.88. The highest BCUT2D eigenvalue weighted by Gasteiger charge is 2.13. The van der Waals surface area contributed by atoms with Crippen molar-refractivity contribution >= 4 is 11.8 Å². The molecule has 0 aromatic rings. The first-order valence-electron chi connectivity index (χ1n) is 9.74. The molecule has 0 aromatic carbocycles. The molecule has 0 atom stereocenters. The third-order valence-corrected chi connectivity index (χ3v) is 4.66. The Hall–Kier alpha value is -1.10. The molecular formula is C19H39N3O2. The zero-order chi connectivity index (χ0) is 18.2. The van der Waals surface area contributed by atoms with Crippen LogP contribution in [0.25, 0.3) is 0 Å². The first-order chi connectivity index (χ1) is 11.4. The van der Waals surface area contributed by atoms with Crippen LogP contribution in [0.1, 0.15) is 96.8 Å². The van der Waals surface area contributed by atoms with Gasteiger partial charge in [0.15, 0.2) is 0 Å². The fraction of sp³-hybridized carbons (Fsp3) is 0.895. The summed E-state index contributed by atoms with van der Waals surface area (Å²) in [5, 5.41) is 0. The molecule has 24 heavy (non-hydrogen) atoms. The van der Waals surface area contributed by atoms with Crippen LogP contribution in [-0.4, -0.2) is 17.9 Å². The predicted molar refractivity (Wildman–Crippen MR) is 100 cm³/mol. The Morgan fingerprint density at radius 2 is 1.04 bits per heavy atom. The van der Waals surface area contributed by atoms with Gasteiger partial charge >= 0.3 is 0 Å². The Labute approximate surface area is 148 Å². The Balaban J connectivity index is 0.000000546. The number of primary amides is 2. The molecule has 1 fully saturated rings. The molecule has 2 amide bonds. The molecule has 0 radical (unpaired) electrons. The van der Waals surface area contributed by atoms with Crippen LogP contribution >= 0.6 is 0 Å². The number of nitrogens with two attached hydrogens (primary N) is 3. The van der Waals surface area contributed by atoms with Crippen molar-refractivity contribution < 1.29 is 9.59 Å². The Morgan fingerprint density at radius 1 is 0.708 bits per heavy atom. The first kappa shape index (κ1) is 22.9. The van der Waals surface area contributed by atoms with Crippen molar-refractivity contribution in [2.45, 2.75) is 103 Å². The number of carbonyl (C=O) groups is 2. The van der Waals surface area contributed by atoms with Crippen LogP contribution in [-0.2, 0) is 9.59 Å². The van der Waals surface area contributed by atoms with Crippen LogP contribution in [0.3, 0.4) is 0 Å². The van der Waals surface area contributed by atoms with Gasteiger partial charge < -0.3 is 17.2 Å². The average molecular weight is 342 g/mol. The van der Waals surface area contributed by atoms with E-state index in [4.69, 9.17) is 17.2 Å². The summed E-state index contributed by atoms with van der Waals surface area (Å²) in [6, 6.07) is 0.520. The SMILES string of the molecule is CC1CCC(N)CC1.NC(=O)CCCCCCCCCCC(N)=O. The summed E-state index contributed by atoms with van der Waals surface area (Å²) in [6.45, 7) is 2.31. The van der Waals surface area contributed by atoms with E-state index in [2.05, 4.69) is 6.92 Å². The molecule has 142 valence electrons. The molecule has 1 aliphatic rings. The molecule has 1 rings (SSSR count). The van der Waals surface area contributed by atoms with Crippen LogP contribution in [0.15, 0.2) is 0 Å².